The molecule has 0 amide bonds. The number of rotatable bonds is 18. The Labute approximate surface area is 392 Å². The number of ether oxygens (including phenoxy) is 1. The van der Waals surface area contributed by atoms with E-state index in [9.17, 15) is 35.8 Å². The predicted octanol–water partition coefficient (Wildman–Crippen LogP) is 7.76. The Morgan fingerprint density at radius 2 is 1.39 bits per heavy atom. The second-order valence-electron chi connectivity index (χ2n) is 20.9. The van der Waals surface area contributed by atoms with Crippen molar-refractivity contribution in [2.75, 3.05) is 73.4 Å². The molecule has 3 aliphatic rings. The number of quaternary nitrogens is 2. The lowest BCUT2D eigenvalue weighted by molar-refractivity contribution is -0.871. The molecule has 1 aliphatic carbocycles. The third-order valence-corrected chi connectivity index (χ3v) is 14.5. The number of benzene rings is 3. The number of aliphatic carboxylic acids is 1. The summed E-state index contributed by atoms with van der Waals surface area (Å²) in [5.74, 6) is 0.406. The number of fused-ring (bicyclic) bond motifs is 2. The molecular weight excluding hydrogens is 877 g/mol. The number of carboxylic acids is 1. The van der Waals surface area contributed by atoms with E-state index >= 15 is 0 Å². The summed E-state index contributed by atoms with van der Waals surface area (Å²) >= 11 is 0. The maximum Gasteiger partial charge on any atom is 0.303 e. The van der Waals surface area contributed by atoms with Gasteiger partial charge < -0.3 is 32.8 Å². The smallest absolute Gasteiger partial charge is 0.303 e. The zero-order chi connectivity index (χ0) is 48.6. The van der Waals surface area contributed by atoms with Crippen LogP contribution in [0.5, 0.6) is 5.75 Å². The Balaban J connectivity index is 1.48. The highest BCUT2D eigenvalue weighted by Crippen LogP contribution is 2.49. The predicted molar refractivity (Wildman–Crippen MR) is 256 cm³/mol. The van der Waals surface area contributed by atoms with Gasteiger partial charge in [0.05, 0.1) is 77.0 Å². The van der Waals surface area contributed by atoms with E-state index in [0.29, 0.717) is 43.9 Å². The number of anilines is 1. The molecule has 1 N–H and O–H groups in total. The van der Waals surface area contributed by atoms with Gasteiger partial charge in [-0.1, -0.05) is 32.1 Å². The average Bonchev–Trinajstić information content (AvgIpc) is 3.55. The SMILES string of the molecule is CC1(C)C(/C=C/C2=C(Oc3ccc(CCC(=O)O)cc3)C(=C/C=C3/N(CCC[N+](C)(C)C)c4ccc(S(=O)(=O)[O-])cc4C3(C)C)/CCC2)=[N+](CCC[N+](C)(C)C)c2ccc(S(=O)(=O)[O-])cc21. The van der Waals surface area contributed by atoms with Gasteiger partial charge in [0.15, 0.2) is 12.3 Å². The molecule has 0 radical (unpaired) electrons. The Kier molecular flexibility index (Phi) is 14.5. The van der Waals surface area contributed by atoms with Gasteiger partial charge in [0.1, 0.15) is 31.7 Å². The van der Waals surface area contributed by atoms with Gasteiger partial charge in [-0.2, -0.15) is 4.58 Å². The van der Waals surface area contributed by atoms with E-state index in [1.54, 1.807) is 12.1 Å². The molecule has 0 bridgehead atoms. The lowest BCUT2D eigenvalue weighted by Gasteiger charge is -2.29. The molecule has 0 saturated carbocycles. The van der Waals surface area contributed by atoms with Gasteiger partial charge >= 0.3 is 5.97 Å². The Bertz CT molecular complexity index is 2750. The number of carboxylic acid groups (broad SMARTS) is 1. The summed E-state index contributed by atoms with van der Waals surface area (Å²) in [6.07, 6.45) is 12.7. The number of hydrogen-bond acceptors (Lipinski definition) is 9. The summed E-state index contributed by atoms with van der Waals surface area (Å²) in [5.41, 5.74) is 6.65. The molecule has 0 unspecified atom stereocenters. The van der Waals surface area contributed by atoms with Crippen molar-refractivity contribution in [1.29, 1.82) is 0 Å². The van der Waals surface area contributed by atoms with Crippen LogP contribution < -0.4 is 9.64 Å². The van der Waals surface area contributed by atoms with Crippen LogP contribution in [-0.4, -0.2) is 125 Å². The summed E-state index contributed by atoms with van der Waals surface area (Å²) in [5, 5.41) is 9.27. The van der Waals surface area contributed by atoms with E-state index < -0.39 is 37.0 Å². The Morgan fingerprint density at radius 1 is 0.788 bits per heavy atom. The van der Waals surface area contributed by atoms with Crippen LogP contribution in [0.2, 0.25) is 0 Å². The fraction of sp³-hybridized carbons (Fsp3) is 0.451. The zero-order valence-corrected chi connectivity index (χ0v) is 41.8. The van der Waals surface area contributed by atoms with Crippen molar-refractivity contribution in [2.24, 2.45) is 0 Å². The van der Waals surface area contributed by atoms with E-state index in [4.69, 9.17) is 4.74 Å². The van der Waals surface area contributed by atoms with Gasteiger partial charge in [-0.25, -0.2) is 16.8 Å². The van der Waals surface area contributed by atoms with Crippen LogP contribution in [0.4, 0.5) is 11.4 Å². The zero-order valence-electron chi connectivity index (χ0n) is 40.2. The van der Waals surface area contributed by atoms with Gasteiger partial charge in [0, 0.05) is 53.9 Å². The third kappa shape index (κ3) is 11.8. The molecule has 0 spiro atoms. The summed E-state index contributed by atoms with van der Waals surface area (Å²) in [7, 11) is 3.51. The largest absolute Gasteiger partial charge is 0.744 e. The van der Waals surface area contributed by atoms with Crippen molar-refractivity contribution >= 4 is 43.3 Å². The van der Waals surface area contributed by atoms with Crippen molar-refractivity contribution in [2.45, 2.75) is 93.3 Å². The number of allylic oxidation sites excluding steroid dienone is 7. The Morgan fingerprint density at radius 3 is 2.00 bits per heavy atom. The van der Waals surface area contributed by atoms with Crippen LogP contribution in [-0.2, 0) is 42.3 Å². The summed E-state index contributed by atoms with van der Waals surface area (Å²) < 4.78 is 83.9. The fourth-order valence-corrected chi connectivity index (χ4v) is 10.3. The molecule has 356 valence electrons. The van der Waals surface area contributed by atoms with E-state index in [1.807, 2.05) is 52.0 Å². The quantitative estimate of drug-likeness (QED) is 0.0757. The van der Waals surface area contributed by atoms with Crippen LogP contribution >= 0.6 is 0 Å². The normalized spacial score (nSPS) is 18.8. The first-order valence-electron chi connectivity index (χ1n) is 22.6. The molecule has 0 saturated heterocycles. The highest BCUT2D eigenvalue weighted by atomic mass is 32.2. The number of hydrogen-bond donors (Lipinski definition) is 1. The van der Waals surface area contributed by atoms with Crippen LogP contribution in [0, 0.1) is 0 Å². The standard InChI is InChI=1S/C51H66N4O9S2/c1-50(2)42-34-40(65(58,59)60)23-25-44(42)52(30-12-32-54(5,6)7)46(50)27-19-37-14-11-15-38(49(37)64-39-21-16-36(17-22-39)18-29-48(56)57)20-28-47-51(3,4)43-35-41(66(61,62)63)24-26-45(43)53(47)31-13-33-55(8,9)10/h16-17,19-28,34-35H,11-15,18,29-33H2,1-10H3/p+1. The van der Waals surface area contributed by atoms with E-state index in [1.165, 1.54) is 24.3 Å². The van der Waals surface area contributed by atoms with Crippen LogP contribution in [0.1, 0.15) is 82.9 Å². The lowest BCUT2D eigenvalue weighted by Crippen LogP contribution is -2.37. The lowest BCUT2D eigenvalue weighted by atomic mass is 9.81. The maximum atomic E-state index is 12.2. The molecule has 15 heteroatoms. The molecule has 6 rings (SSSR count). The number of nitrogens with zero attached hydrogens (tertiary/aromatic N) is 4. The van der Waals surface area contributed by atoms with Gasteiger partial charge in [-0.15, -0.1) is 0 Å². The first kappa shape index (κ1) is 50.5. The molecule has 0 atom stereocenters. The minimum Gasteiger partial charge on any atom is -0.744 e. The molecule has 0 aromatic heterocycles. The molecule has 0 fully saturated rings. The van der Waals surface area contributed by atoms with Crippen LogP contribution in [0.25, 0.3) is 0 Å². The summed E-state index contributed by atoms with van der Waals surface area (Å²) in [4.78, 5) is 13.0. The number of aryl methyl sites for hydroxylation is 1. The van der Waals surface area contributed by atoms with E-state index in [0.717, 1.165) is 91.9 Å². The highest BCUT2D eigenvalue weighted by Gasteiger charge is 2.45. The van der Waals surface area contributed by atoms with Crippen LogP contribution in [0.3, 0.4) is 0 Å². The van der Waals surface area contributed by atoms with Gasteiger partial charge in [-0.3, -0.25) is 4.79 Å². The molecule has 3 aromatic carbocycles. The monoisotopic (exact) mass is 943 g/mol. The van der Waals surface area contributed by atoms with Crippen molar-refractivity contribution in [1.82, 2.24) is 0 Å². The molecule has 66 heavy (non-hydrogen) atoms. The van der Waals surface area contributed by atoms with Crippen molar-refractivity contribution in [3.05, 3.63) is 124 Å². The Hall–Kier alpha value is -4.90. The topological polar surface area (TPSA) is 167 Å². The first-order valence-corrected chi connectivity index (χ1v) is 25.4. The van der Waals surface area contributed by atoms with Gasteiger partial charge in [0.2, 0.25) is 5.69 Å². The van der Waals surface area contributed by atoms with Crippen LogP contribution in [0.15, 0.2) is 117 Å². The molecule has 2 heterocycles. The summed E-state index contributed by atoms with van der Waals surface area (Å²) in [6.45, 7) is 11.4. The minimum atomic E-state index is -4.69. The molecule has 13 nitrogen and oxygen atoms in total. The molecule has 2 aliphatic heterocycles. The van der Waals surface area contributed by atoms with Crippen molar-refractivity contribution < 1.29 is 54.1 Å². The fourth-order valence-electron chi connectivity index (χ4n) is 9.31. The van der Waals surface area contributed by atoms with E-state index in [2.05, 4.69) is 76.1 Å². The highest BCUT2D eigenvalue weighted by molar-refractivity contribution is 7.86. The first-order chi connectivity index (χ1) is 30.6. The maximum absolute atomic E-state index is 12.2. The second-order valence-corrected chi connectivity index (χ2v) is 23.6. The van der Waals surface area contributed by atoms with Crippen molar-refractivity contribution in [3.8, 4) is 5.75 Å². The van der Waals surface area contributed by atoms with E-state index in [-0.39, 0.29) is 16.2 Å². The summed E-state index contributed by atoms with van der Waals surface area (Å²) in [6, 6.07) is 16.8. The number of carbonyl (C=O) groups is 1. The van der Waals surface area contributed by atoms with Gasteiger partial charge in [-0.05, 0) is 116 Å². The molecule has 3 aromatic rings. The minimum absolute atomic E-state index is 0.0157. The van der Waals surface area contributed by atoms with Gasteiger partial charge in [0.25, 0.3) is 0 Å². The average molecular weight is 944 g/mol. The molecular formula is C51H67N4O9S2+. The second kappa shape index (κ2) is 19.0. The van der Waals surface area contributed by atoms with Crippen molar-refractivity contribution in [3.63, 3.8) is 0 Å². The third-order valence-electron chi connectivity index (χ3n) is 12.9.